The first kappa shape index (κ1) is 24.5. The standard InChI is InChI=1S/C22H30N2O6S/c1-15-6-7-16(2)19(14-15)31(26,27)24-13-12-23-20(25)11-9-17-8-10-18(28-3)22(30-5)21(17)29-4/h6-8,10,14,24H,9,11-13H2,1-5H3,(H,23,25). The molecule has 31 heavy (non-hydrogen) atoms. The Bertz CT molecular complexity index is 1020. The van der Waals surface area contributed by atoms with Gasteiger partial charge in [-0.05, 0) is 49.1 Å². The number of hydrogen-bond donors (Lipinski definition) is 2. The fraction of sp³-hybridized carbons (Fsp3) is 0.409. The quantitative estimate of drug-likeness (QED) is 0.510. The molecule has 0 aliphatic carbocycles. The van der Waals surface area contributed by atoms with Crippen LogP contribution in [0.5, 0.6) is 17.2 Å². The summed E-state index contributed by atoms with van der Waals surface area (Å²) in [5.74, 6) is 1.35. The first-order chi connectivity index (χ1) is 14.7. The SMILES string of the molecule is COc1ccc(CCC(=O)NCCNS(=O)(=O)c2cc(C)ccc2C)c(OC)c1OC. The molecule has 0 spiro atoms. The topological polar surface area (TPSA) is 103 Å². The van der Waals surface area contributed by atoms with Crippen LogP contribution in [0.2, 0.25) is 0 Å². The van der Waals surface area contributed by atoms with E-state index in [0.29, 0.717) is 29.2 Å². The van der Waals surface area contributed by atoms with Gasteiger partial charge in [-0.15, -0.1) is 0 Å². The summed E-state index contributed by atoms with van der Waals surface area (Å²) < 4.78 is 43.5. The Labute approximate surface area is 184 Å². The molecule has 2 N–H and O–H groups in total. The third-order valence-electron chi connectivity index (χ3n) is 4.78. The van der Waals surface area contributed by atoms with E-state index in [0.717, 1.165) is 11.1 Å². The minimum Gasteiger partial charge on any atom is -0.493 e. The van der Waals surface area contributed by atoms with Crippen molar-refractivity contribution in [1.82, 2.24) is 10.0 Å². The molecule has 0 saturated carbocycles. The molecule has 170 valence electrons. The van der Waals surface area contributed by atoms with Gasteiger partial charge in [-0.25, -0.2) is 13.1 Å². The molecular formula is C22H30N2O6S. The van der Waals surface area contributed by atoms with Crippen LogP contribution in [-0.4, -0.2) is 48.7 Å². The molecule has 0 saturated heterocycles. The van der Waals surface area contributed by atoms with Crippen molar-refractivity contribution in [2.45, 2.75) is 31.6 Å². The van der Waals surface area contributed by atoms with Crippen molar-refractivity contribution in [1.29, 1.82) is 0 Å². The van der Waals surface area contributed by atoms with Gasteiger partial charge >= 0.3 is 0 Å². The number of carbonyl (C=O) groups excluding carboxylic acids is 1. The molecule has 1 amide bonds. The molecule has 0 aliphatic rings. The van der Waals surface area contributed by atoms with Gasteiger partial charge in [0.1, 0.15) is 0 Å². The zero-order chi connectivity index (χ0) is 23.0. The second-order valence-corrected chi connectivity index (χ2v) is 8.75. The first-order valence-electron chi connectivity index (χ1n) is 9.85. The van der Waals surface area contributed by atoms with Crippen molar-refractivity contribution in [2.24, 2.45) is 0 Å². The Hall–Kier alpha value is -2.78. The highest BCUT2D eigenvalue weighted by molar-refractivity contribution is 7.89. The van der Waals surface area contributed by atoms with E-state index in [9.17, 15) is 13.2 Å². The zero-order valence-electron chi connectivity index (χ0n) is 18.6. The fourth-order valence-electron chi connectivity index (χ4n) is 3.16. The van der Waals surface area contributed by atoms with Crippen LogP contribution in [0.25, 0.3) is 0 Å². The Balaban J connectivity index is 1.87. The third-order valence-corrected chi connectivity index (χ3v) is 6.38. The fourth-order valence-corrected chi connectivity index (χ4v) is 4.52. The van der Waals surface area contributed by atoms with Gasteiger partial charge in [0.25, 0.3) is 0 Å². The highest BCUT2D eigenvalue weighted by Crippen LogP contribution is 2.40. The van der Waals surface area contributed by atoms with Crippen molar-refractivity contribution in [2.75, 3.05) is 34.4 Å². The largest absolute Gasteiger partial charge is 0.493 e. The average molecular weight is 451 g/mol. The lowest BCUT2D eigenvalue weighted by atomic mass is 10.1. The van der Waals surface area contributed by atoms with Crippen molar-refractivity contribution in [3.63, 3.8) is 0 Å². The van der Waals surface area contributed by atoms with E-state index in [1.165, 1.54) is 14.2 Å². The summed E-state index contributed by atoms with van der Waals surface area (Å²) in [6.45, 7) is 3.87. The van der Waals surface area contributed by atoms with Gasteiger partial charge in [0.05, 0.1) is 26.2 Å². The minimum absolute atomic E-state index is 0.0983. The Morgan fingerprint density at radius 2 is 1.65 bits per heavy atom. The number of sulfonamides is 1. The number of aryl methyl sites for hydroxylation is 3. The van der Waals surface area contributed by atoms with Crippen molar-refractivity contribution in [3.05, 3.63) is 47.0 Å². The second-order valence-electron chi connectivity index (χ2n) is 7.01. The van der Waals surface area contributed by atoms with E-state index >= 15 is 0 Å². The van der Waals surface area contributed by atoms with Crippen molar-refractivity contribution in [3.8, 4) is 17.2 Å². The van der Waals surface area contributed by atoms with Gasteiger partial charge in [-0.3, -0.25) is 4.79 Å². The van der Waals surface area contributed by atoms with Crippen LogP contribution < -0.4 is 24.2 Å². The van der Waals surface area contributed by atoms with Gasteiger partial charge in [0.15, 0.2) is 11.5 Å². The normalized spacial score (nSPS) is 11.1. The maximum absolute atomic E-state index is 12.5. The lowest BCUT2D eigenvalue weighted by molar-refractivity contribution is -0.121. The average Bonchev–Trinajstić information content (AvgIpc) is 2.75. The summed E-state index contributed by atoms with van der Waals surface area (Å²) >= 11 is 0. The number of carbonyl (C=O) groups is 1. The monoisotopic (exact) mass is 450 g/mol. The molecule has 0 fully saturated rings. The predicted molar refractivity (Wildman–Crippen MR) is 119 cm³/mol. The van der Waals surface area contributed by atoms with Crippen LogP contribution in [0.3, 0.4) is 0 Å². The summed E-state index contributed by atoms with van der Waals surface area (Å²) in [4.78, 5) is 12.5. The van der Waals surface area contributed by atoms with Crippen molar-refractivity contribution < 1.29 is 27.4 Å². The molecular weight excluding hydrogens is 420 g/mol. The number of methoxy groups -OCH3 is 3. The lowest BCUT2D eigenvalue weighted by Crippen LogP contribution is -2.35. The van der Waals surface area contributed by atoms with Gasteiger partial charge in [0.2, 0.25) is 21.7 Å². The minimum atomic E-state index is -3.63. The van der Waals surface area contributed by atoms with Crippen LogP contribution in [0.1, 0.15) is 23.1 Å². The Kier molecular flexibility index (Phi) is 8.70. The molecule has 0 heterocycles. The molecule has 0 aliphatic heterocycles. The van der Waals surface area contributed by atoms with Gasteiger partial charge in [-0.2, -0.15) is 0 Å². The number of benzene rings is 2. The molecule has 2 rings (SSSR count). The third kappa shape index (κ3) is 6.35. The number of rotatable bonds is 11. The van der Waals surface area contributed by atoms with Gasteiger partial charge in [0, 0.05) is 19.5 Å². The van der Waals surface area contributed by atoms with Crippen molar-refractivity contribution >= 4 is 15.9 Å². The molecule has 2 aromatic rings. The van der Waals surface area contributed by atoms with Crippen LogP contribution in [0, 0.1) is 13.8 Å². The summed E-state index contributed by atoms with van der Waals surface area (Å²) in [5, 5.41) is 2.73. The van der Waals surface area contributed by atoms with Crippen LogP contribution in [0.15, 0.2) is 35.2 Å². The Morgan fingerprint density at radius 1 is 0.935 bits per heavy atom. The van der Waals surface area contributed by atoms with E-state index in [1.807, 2.05) is 19.1 Å². The van der Waals surface area contributed by atoms with Crippen LogP contribution >= 0.6 is 0 Å². The molecule has 8 nitrogen and oxygen atoms in total. The highest BCUT2D eigenvalue weighted by atomic mass is 32.2. The van der Waals surface area contributed by atoms with E-state index in [-0.39, 0.29) is 30.3 Å². The zero-order valence-corrected chi connectivity index (χ0v) is 19.4. The first-order valence-corrected chi connectivity index (χ1v) is 11.3. The van der Waals surface area contributed by atoms with Crippen LogP contribution in [0.4, 0.5) is 0 Å². The van der Waals surface area contributed by atoms with E-state index in [1.54, 1.807) is 32.2 Å². The summed E-state index contributed by atoms with van der Waals surface area (Å²) in [6.07, 6.45) is 0.652. The van der Waals surface area contributed by atoms with Crippen LogP contribution in [-0.2, 0) is 21.2 Å². The molecule has 0 atom stereocenters. The number of hydrogen-bond acceptors (Lipinski definition) is 6. The molecule has 0 radical (unpaired) electrons. The molecule has 0 aromatic heterocycles. The van der Waals surface area contributed by atoms with E-state index in [2.05, 4.69) is 10.0 Å². The predicted octanol–water partition coefficient (Wildman–Crippen LogP) is 2.36. The maximum atomic E-state index is 12.5. The smallest absolute Gasteiger partial charge is 0.240 e. The lowest BCUT2D eigenvalue weighted by Gasteiger charge is -2.15. The van der Waals surface area contributed by atoms with Gasteiger partial charge in [-0.1, -0.05) is 18.2 Å². The van der Waals surface area contributed by atoms with E-state index in [4.69, 9.17) is 14.2 Å². The highest BCUT2D eigenvalue weighted by Gasteiger charge is 2.18. The Morgan fingerprint density at radius 3 is 2.29 bits per heavy atom. The summed E-state index contributed by atoms with van der Waals surface area (Å²) in [7, 11) is 0.962. The maximum Gasteiger partial charge on any atom is 0.240 e. The summed E-state index contributed by atoms with van der Waals surface area (Å²) in [6, 6.07) is 8.85. The van der Waals surface area contributed by atoms with E-state index < -0.39 is 10.0 Å². The number of nitrogens with one attached hydrogen (secondary N) is 2. The number of amides is 1. The summed E-state index contributed by atoms with van der Waals surface area (Å²) in [5.41, 5.74) is 2.35. The molecule has 0 bridgehead atoms. The number of ether oxygens (including phenoxy) is 3. The molecule has 9 heteroatoms. The van der Waals surface area contributed by atoms with Gasteiger partial charge < -0.3 is 19.5 Å². The molecule has 0 unspecified atom stereocenters. The second kappa shape index (κ2) is 11.0. The molecule has 2 aromatic carbocycles.